The lowest BCUT2D eigenvalue weighted by Gasteiger charge is -2.22. The third-order valence-corrected chi connectivity index (χ3v) is 4.00. The highest BCUT2D eigenvalue weighted by atomic mass is 16.2. The van der Waals surface area contributed by atoms with Crippen LogP contribution in [0, 0.1) is 20.8 Å². The molecule has 132 valence electrons. The van der Waals surface area contributed by atoms with Crippen molar-refractivity contribution in [3.05, 3.63) is 64.7 Å². The molecule has 2 aromatic rings. The Kier molecular flexibility index (Phi) is 6.34. The fourth-order valence-corrected chi connectivity index (χ4v) is 2.95. The minimum absolute atomic E-state index is 0.0297. The minimum atomic E-state index is -0.0328. The SMILES string of the molecule is CC(=O)N(CCNC(=O)Cc1cccc(C)c1)c1cc(C)cc(C)c1. The Morgan fingerprint density at radius 3 is 2.24 bits per heavy atom. The molecule has 0 saturated heterocycles. The molecule has 0 spiro atoms. The van der Waals surface area contributed by atoms with Gasteiger partial charge in [0.2, 0.25) is 11.8 Å². The fraction of sp³-hybridized carbons (Fsp3) is 0.333. The molecule has 0 fully saturated rings. The lowest BCUT2D eigenvalue weighted by molar-refractivity contribution is -0.121. The van der Waals surface area contributed by atoms with Gasteiger partial charge in [-0.2, -0.15) is 0 Å². The van der Waals surface area contributed by atoms with Crippen molar-refractivity contribution >= 4 is 17.5 Å². The molecule has 0 aliphatic heterocycles. The predicted octanol–water partition coefficient (Wildman–Crippen LogP) is 3.32. The molecule has 0 aliphatic carbocycles. The van der Waals surface area contributed by atoms with Crippen molar-refractivity contribution in [2.75, 3.05) is 18.0 Å². The third kappa shape index (κ3) is 5.75. The summed E-state index contributed by atoms with van der Waals surface area (Å²) >= 11 is 0. The fourth-order valence-electron chi connectivity index (χ4n) is 2.95. The maximum absolute atomic E-state index is 12.1. The number of anilines is 1. The van der Waals surface area contributed by atoms with Gasteiger partial charge < -0.3 is 10.2 Å². The first-order valence-electron chi connectivity index (χ1n) is 8.54. The standard InChI is InChI=1S/C21H26N2O2/c1-15-6-5-7-19(11-15)14-21(25)22-8-9-23(18(4)24)20-12-16(2)10-17(3)13-20/h5-7,10-13H,8-9,14H2,1-4H3,(H,22,25). The van der Waals surface area contributed by atoms with Crippen LogP contribution in [-0.4, -0.2) is 24.9 Å². The van der Waals surface area contributed by atoms with Crippen LogP contribution in [0.5, 0.6) is 0 Å². The molecule has 0 aliphatic rings. The molecule has 2 aromatic carbocycles. The van der Waals surface area contributed by atoms with Crippen LogP contribution >= 0.6 is 0 Å². The molecule has 0 heterocycles. The van der Waals surface area contributed by atoms with Crippen LogP contribution < -0.4 is 10.2 Å². The van der Waals surface area contributed by atoms with Crippen LogP contribution in [0.1, 0.15) is 29.2 Å². The van der Waals surface area contributed by atoms with Crippen molar-refractivity contribution in [1.29, 1.82) is 0 Å². The van der Waals surface area contributed by atoms with E-state index in [9.17, 15) is 9.59 Å². The van der Waals surface area contributed by atoms with E-state index >= 15 is 0 Å². The second-order valence-electron chi connectivity index (χ2n) is 6.53. The monoisotopic (exact) mass is 338 g/mol. The van der Waals surface area contributed by atoms with Gasteiger partial charge in [0.25, 0.3) is 0 Å². The number of amides is 2. The van der Waals surface area contributed by atoms with Crippen LogP contribution in [0.15, 0.2) is 42.5 Å². The first-order valence-corrected chi connectivity index (χ1v) is 8.54. The number of carbonyl (C=O) groups excluding carboxylic acids is 2. The van der Waals surface area contributed by atoms with Gasteiger partial charge in [-0.05, 0) is 49.6 Å². The van der Waals surface area contributed by atoms with Gasteiger partial charge in [0.15, 0.2) is 0 Å². The van der Waals surface area contributed by atoms with Gasteiger partial charge in [0.05, 0.1) is 6.42 Å². The first kappa shape index (κ1) is 18.7. The van der Waals surface area contributed by atoms with E-state index in [1.54, 1.807) is 11.8 Å². The van der Waals surface area contributed by atoms with Crippen LogP contribution in [0.4, 0.5) is 5.69 Å². The molecule has 0 bridgehead atoms. The number of hydrogen-bond acceptors (Lipinski definition) is 2. The largest absolute Gasteiger partial charge is 0.354 e. The van der Waals surface area contributed by atoms with Gasteiger partial charge >= 0.3 is 0 Å². The zero-order valence-corrected chi connectivity index (χ0v) is 15.4. The maximum atomic E-state index is 12.1. The van der Waals surface area contributed by atoms with E-state index in [1.807, 2.05) is 57.2 Å². The second kappa shape index (κ2) is 8.47. The predicted molar refractivity (Wildman–Crippen MR) is 102 cm³/mol. The van der Waals surface area contributed by atoms with Gasteiger partial charge in [0.1, 0.15) is 0 Å². The molecule has 4 heteroatoms. The van der Waals surface area contributed by atoms with Gasteiger partial charge in [-0.1, -0.05) is 35.9 Å². The van der Waals surface area contributed by atoms with Crippen molar-refractivity contribution < 1.29 is 9.59 Å². The Balaban J connectivity index is 1.93. The van der Waals surface area contributed by atoms with Crippen LogP contribution in [-0.2, 0) is 16.0 Å². The third-order valence-electron chi connectivity index (χ3n) is 4.00. The van der Waals surface area contributed by atoms with Crippen LogP contribution in [0.25, 0.3) is 0 Å². The summed E-state index contributed by atoms with van der Waals surface area (Å²) in [6.45, 7) is 8.47. The summed E-state index contributed by atoms with van der Waals surface area (Å²) in [4.78, 5) is 25.8. The molecule has 4 nitrogen and oxygen atoms in total. The summed E-state index contributed by atoms with van der Waals surface area (Å²) in [6.07, 6.45) is 0.352. The first-order chi connectivity index (χ1) is 11.8. The molecule has 25 heavy (non-hydrogen) atoms. The van der Waals surface area contributed by atoms with Gasteiger partial charge in [-0.25, -0.2) is 0 Å². The van der Waals surface area contributed by atoms with Gasteiger partial charge in [-0.3, -0.25) is 9.59 Å². The molecule has 0 aromatic heterocycles. The second-order valence-corrected chi connectivity index (χ2v) is 6.53. The summed E-state index contributed by atoms with van der Waals surface area (Å²) in [5, 5.41) is 2.90. The van der Waals surface area contributed by atoms with E-state index < -0.39 is 0 Å². The normalized spacial score (nSPS) is 10.4. The summed E-state index contributed by atoms with van der Waals surface area (Å²) in [6, 6.07) is 14.0. The number of nitrogens with one attached hydrogen (secondary N) is 1. The van der Waals surface area contributed by atoms with E-state index in [4.69, 9.17) is 0 Å². The average Bonchev–Trinajstić information content (AvgIpc) is 2.50. The Bertz CT molecular complexity index is 748. The van der Waals surface area contributed by atoms with E-state index in [-0.39, 0.29) is 11.8 Å². The number of nitrogens with zero attached hydrogens (tertiary/aromatic N) is 1. The molecular weight excluding hydrogens is 312 g/mol. The summed E-state index contributed by atoms with van der Waals surface area (Å²) < 4.78 is 0. The summed E-state index contributed by atoms with van der Waals surface area (Å²) in [5.74, 6) is -0.0625. The van der Waals surface area contributed by atoms with Crippen molar-refractivity contribution in [2.45, 2.75) is 34.1 Å². The lowest BCUT2D eigenvalue weighted by atomic mass is 10.1. The molecule has 2 amide bonds. The van der Waals surface area contributed by atoms with Crippen molar-refractivity contribution in [2.24, 2.45) is 0 Å². The Labute approximate surface area is 149 Å². The minimum Gasteiger partial charge on any atom is -0.354 e. The van der Waals surface area contributed by atoms with E-state index in [1.165, 1.54) is 0 Å². The Hall–Kier alpha value is -2.62. The smallest absolute Gasteiger partial charge is 0.224 e. The average molecular weight is 338 g/mol. The molecule has 1 N–H and O–H groups in total. The summed E-state index contributed by atoms with van der Waals surface area (Å²) in [5.41, 5.74) is 5.24. The number of carbonyl (C=O) groups is 2. The molecule has 0 radical (unpaired) electrons. The molecule has 2 rings (SSSR count). The van der Waals surface area contributed by atoms with Crippen LogP contribution in [0.2, 0.25) is 0 Å². The number of rotatable bonds is 6. The summed E-state index contributed by atoms with van der Waals surface area (Å²) in [7, 11) is 0. The zero-order valence-electron chi connectivity index (χ0n) is 15.4. The number of aryl methyl sites for hydroxylation is 3. The zero-order chi connectivity index (χ0) is 18.4. The number of hydrogen-bond donors (Lipinski definition) is 1. The van der Waals surface area contributed by atoms with Crippen molar-refractivity contribution in [1.82, 2.24) is 5.32 Å². The van der Waals surface area contributed by atoms with E-state index in [2.05, 4.69) is 11.4 Å². The van der Waals surface area contributed by atoms with Crippen LogP contribution in [0.3, 0.4) is 0 Å². The topological polar surface area (TPSA) is 49.4 Å². The van der Waals surface area contributed by atoms with E-state index in [0.29, 0.717) is 19.5 Å². The quantitative estimate of drug-likeness (QED) is 0.878. The highest BCUT2D eigenvalue weighted by molar-refractivity contribution is 5.91. The van der Waals surface area contributed by atoms with E-state index in [0.717, 1.165) is 27.9 Å². The van der Waals surface area contributed by atoms with Gasteiger partial charge in [0, 0.05) is 25.7 Å². The molecule has 0 atom stereocenters. The lowest BCUT2D eigenvalue weighted by Crippen LogP contribution is -2.38. The maximum Gasteiger partial charge on any atom is 0.224 e. The number of benzene rings is 2. The Morgan fingerprint density at radius 2 is 1.64 bits per heavy atom. The highest BCUT2D eigenvalue weighted by Gasteiger charge is 2.12. The molecule has 0 saturated carbocycles. The molecule has 0 unspecified atom stereocenters. The van der Waals surface area contributed by atoms with Crippen molar-refractivity contribution in [3.8, 4) is 0 Å². The van der Waals surface area contributed by atoms with Gasteiger partial charge in [-0.15, -0.1) is 0 Å². The molecular formula is C21H26N2O2. The van der Waals surface area contributed by atoms with Crippen molar-refractivity contribution in [3.63, 3.8) is 0 Å². The Morgan fingerprint density at radius 1 is 0.960 bits per heavy atom. The highest BCUT2D eigenvalue weighted by Crippen LogP contribution is 2.18.